The predicted octanol–water partition coefficient (Wildman–Crippen LogP) is 3.21. The Balaban J connectivity index is 1.39. The zero-order valence-corrected chi connectivity index (χ0v) is 17.9. The molecule has 158 valence electrons. The molecule has 1 atom stereocenters. The summed E-state index contributed by atoms with van der Waals surface area (Å²) in [5.41, 5.74) is 2.38. The average Bonchev–Trinajstić information content (AvgIpc) is 3.54. The number of thiophene rings is 1. The molecule has 0 N–H and O–H groups in total. The van der Waals surface area contributed by atoms with Crippen LogP contribution < -0.4 is 0 Å². The van der Waals surface area contributed by atoms with Gasteiger partial charge in [0.2, 0.25) is 5.82 Å². The number of morpholine rings is 1. The first-order valence-electron chi connectivity index (χ1n) is 9.86. The minimum atomic E-state index is -0.446. The van der Waals surface area contributed by atoms with E-state index in [0.29, 0.717) is 42.9 Å². The predicted molar refractivity (Wildman–Crippen MR) is 113 cm³/mol. The first-order valence-corrected chi connectivity index (χ1v) is 10.7. The highest BCUT2D eigenvalue weighted by atomic mass is 32.1. The minimum Gasteiger partial charge on any atom is -0.377 e. The Morgan fingerprint density at radius 1 is 1.26 bits per heavy atom. The topological polar surface area (TPSA) is 99.2 Å². The summed E-state index contributed by atoms with van der Waals surface area (Å²) < 4.78 is 12.8. The number of hydrogen-bond donors (Lipinski definition) is 0. The molecule has 31 heavy (non-hydrogen) atoms. The van der Waals surface area contributed by atoms with E-state index in [1.54, 1.807) is 27.9 Å². The minimum absolute atomic E-state index is 0.156. The van der Waals surface area contributed by atoms with Crippen molar-refractivity contribution in [2.75, 3.05) is 19.8 Å². The molecule has 0 bridgehead atoms. The van der Waals surface area contributed by atoms with E-state index in [1.165, 1.54) is 11.3 Å². The zero-order chi connectivity index (χ0) is 21.4. The van der Waals surface area contributed by atoms with E-state index >= 15 is 0 Å². The fraction of sp³-hybridized carbons (Fsp3) is 0.286. The Labute approximate surface area is 182 Å². The number of carbonyl (C=O) groups excluding carboxylic acids is 1. The van der Waals surface area contributed by atoms with Gasteiger partial charge in [-0.05, 0) is 43.5 Å². The SMILES string of the molecule is Cc1cc(C)n(-c2ccc(C(=O)N3CCOC[C@@H]3c3nc(-c4cccs4)no3)cn2)n1. The maximum Gasteiger partial charge on any atom is 0.256 e. The molecule has 1 aliphatic rings. The van der Waals surface area contributed by atoms with E-state index in [2.05, 4.69) is 20.2 Å². The van der Waals surface area contributed by atoms with E-state index < -0.39 is 6.04 Å². The Kier molecular flexibility index (Phi) is 5.08. The molecule has 4 aromatic heterocycles. The largest absolute Gasteiger partial charge is 0.377 e. The van der Waals surface area contributed by atoms with Crippen molar-refractivity contribution in [3.63, 3.8) is 0 Å². The first kappa shape index (κ1) is 19.6. The van der Waals surface area contributed by atoms with Crippen LogP contribution in [0.2, 0.25) is 0 Å². The van der Waals surface area contributed by atoms with Gasteiger partial charge in [-0.25, -0.2) is 9.67 Å². The molecule has 0 radical (unpaired) electrons. The lowest BCUT2D eigenvalue weighted by Gasteiger charge is -2.33. The fourth-order valence-electron chi connectivity index (χ4n) is 3.59. The molecule has 5 rings (SSSR count). The number of hydrogen-bond acceptors (Lipinski definition) is 8. The number of nitrogens with zero attached hydrogens (tertiary/aromatic N) is 6. The molecule has 10 heteroatoms. The second-order valence-corrected chi connectivity index (χ2v) is 8.21. The van der Waals surface area contributed by atoms with Crippen LogP contribution in [0, 0.1) is 13.8 Å². The highest BCUT2D eigenvalue weighted by molar-refractivity contribution is 7.13. The number of ether oxygens (including phenoxy) is 1. The van der Waals surface area contributed by atoms with Crippen LogP contribution in [0.3, 0.4) is 0 Å². The standard InChI is InChI=1S/C21H20N6O3S/c1-13-10-14(2)27(24-13)18-6-5-15(11-22-18)21(28)26-7-8-29-12-16(26)20-23-19(25-30-20)17-4-3-9-31-17/h3-6,9-11,16H,7-8,12H2,1-2H3/t16-/m1/s1. The van der Waals surface area contributed by atoms with Gasteiger partial charge in [0, 0.05) is 18.4 Å². The Bertz CT molecular complexity index is 1200. The van der Waals surface area contributed by atoms with Crippen LogP contribution in [0.15, 0.2) is 46.4 Å². The number of amides is 1. The van der Waals surface area contributed by atoms with Gasteiger partial charge in [-0.1, -0.05) is 11.2 Å². The van der Waals surface area contributed by atoms with Crippen LogP contribution >= 0.6 is 11.3 Å². The lowest BCUT2D eigenvalue weighted by Crippen LogP contribution is -2.43. The molecule has 1 amide bonds. The summed E-state index contributed by atoms with van der Waals surface area (Å²) in [6, 6.07) is 8.95. The molecule has 0 unspecified atom stereocenters. The number of aryl methyl sites for hydroxylation is 2. The Morgan fingerprint density at radius 3 is 2.87 bits per heavy atom. The van der Waals surface area contributed by atoms with Crippen LogP contribution in [0.1, 0.15) is 33.7 Å². The van der Waals surface area contributed by atoms with Crippen molar-refractivity contribution < 1.29 is 14.1 Å². The Morgan fingerprint density at radius 2 is 2.16 bits per heavy atom. The zero-order valence-electron chi connectivity index (χ0n) is 17.1. The van der Waals surface area contributed by atoms with Crippen molar-refractivity contribution in [3.05, 3.63) is 64.8 Å². The molecule has 0 saturated carbocycles. The number of aromatic nitrogens is 5. The highest BCUT2D eigenvalue weighted by Crippen LogP contribution is 2.28. The van der Waals surface area contributed by atoms with Crippen molar-refractivity contribution in [2.24, 2.45) is 0 Å². The molecule has 0 aliphatic carbocycles. The smallest absolute Gasteiger partial charge is 0.256 e. The monoisotopic (exact) mass is 436 g/mol. The van der Waals surface area contributed by atoms with Gasteiger partial charge >= 0.3 is 0 Å². The van der Waals surface area contributed by atoms with E-state index in [1.807, 2.05) is 37.4 Å². The van der Waals surface area contributed by atoms with Crippen molar-refractivity contribution in [1.29, 1.82) is 0 Å². The third-order valence-electron chi connectivity index (χ3n) is 5.08. The maximum absolute atomic E-state index is 13.3. The van der Waals surface area contributed by atoms with Gasteiger partial charge in [-0.3, -0.25) is 4.79 Å². The van der Waals surface area contributed by atoms with Crippen LogP contribution in [0.5, 0.6) is 0 Å². The maximum atomic E-state index is 13.3. The van der Waals surface area contributed by atoms with Crippen molar-refractivity contribution in [1.82, 2.24) is 29.8 Å². The summed E-state index contributed by atoms with van der Waals surface area (Å²) in [7, 11) is 0. The first-order chi connectivity index (χ1) is 15.1. The molecular weight excluding hydrogens is 416 g/mol. The third-order valence-corrected chi connectivity index (χ3v) is 5.94. The van der Waals surface area contributed by atoms with Crippen LogP contribution in [-0.2, 0) is 4.74 Å². The average molecular weight is 436 g/mol. The number of carbonyl (C=O) groups is 1. The molecule has 0 aromatic carbocycles. The molecule has 1 saturated heterocycles. The van der Waals surface area contributed by atoms with E-state index in [0.717, 1.165) is 16.3 Å². The van der Waals surface area contributed by atoms with Crippen LogP contribution in [-0.4, -0.2) is 55.5 Å². The van der Waals surface area contributed by atoms with Gasteiger partial charge in [-0.2, -0.15) is 10.1 Å². The summed E-state index contributed by atoms with van der Waals surface area (Å²) in [6.07, 6.45) is 1.57. The summed E-state index contributed by atoms with van der Waals surface area (Å²) >= 11 is 1.53. The summed E-state index contributed by atoms with van der Waals surface area (Å²) in [4.78, 5) is 24.8. The third kappa shape index (κ3) is 3.75. The molecule has 1 aliphatic heterocycles. The van der Waals surface area contributed by atoms with Crippen molar-refractivity contribution in [3.8, 4) is 16.5 Å². The molecule has 9 nitrogen and oxygen atoms in total. The van der Waals surface area contributed by atoms with E-state index in [-0.39, 0.29) is 5.91 Å². The van der Waals surface area contributed by atoms with Crippen molar-refractivity contribution in [2.45, 2.75) is 19.9 Å². The lowest BCUT2D eigenvalue weighted by atomic mass is 10.1. The van der Waals surface area contributed by atoms with Gasteiger partial charge < -0.3 is 14.2 Å². The second-order valence-electron chi connectivity index (χ2n) is 7.27. The summed E-state index contributed by atoms with van der Waals surface area (Å²) in [6.45, 7) is 5.08. The van der Waals surface area contributed by atoms with Gasteiger partial charge in [-0.15, -0.1) is 11.3 Å². The molecule has 0 spiro atoms. The molecular formula is C21H20N6O3S. The molecule has 1 fully saturated rings. The highest BCUT2D eigenvalue weighted by Gasteiger charge is 2.33. The summed E-state index contributed by atoms with van der Waals surface area (Å²) in [5, 5.41) is 10.5. The normalized spacial score (nSPS) is 16.6. The van der Waals surface area contributed by atoms with Gasteiger partial charge in [0.25, 0.3) is 11.8 Å². The van der Waals surface area contributed by atoms with Gasteiger partial charge in [0.15, 0.2) is 5.82 Å². The van der Waals surface area contributed by atoms with Crippen LogP contribution in [0.25, 0.3) is 16.5 Å². The Hall–Kier alpha value is -3.37. The van der Waals surface area contributed by atoms with Gasteiger partial charge in [0.05, 0.1) is 29.3 Å². The molecule has 4 aromatic rings. The number of pyridine rings is 1. The van der Waals surface area contributed by atoms with Crippen LogP contribution in [0.4, 0.5) is 0 Å². The second kappa shape index (κ2) is 8.05. The van der Waals surface area contributed by atoms with E-state index in [4.69, 9.17) is 9.26 Å². The lowest BCUT2D eigenvalue weighted by molar-refractivity contribution is -0.0119. The van der Waals surface area contributed by atoms with E-state index in [9.17, 15) is 4.79 Å². The number of rotatable bonds is 4. The van der Waals surface area contributed by atoms with Crippen molar-refractivity contribution >= 4 is 17.2 Å². The molecule has 5 heterocycles. The van der Waals surface area contributed by atoms with Gasteiger partial charge in [0.1, 0.15) is 6.04 Å². The summed E-state index contributed by atoms with van der Waals surface area (Å²) in [5.74, 6) is 1.39. The fourth-order valence-corrected chi connectivity index (χ4v) is 4.24. The quantitative estimate of drug-likeness (QED) is 0.484.